The Bertz CT molecular complexity index is 891. The number of amides is 1. The topological polar surface area (TPSA) is 46.3 Å². The van der Waals surface area contributed by atoms with Crippen LogP contribution < -0.4 is 5.73 Å². The number of nitrogens with zero attached hydrogens (tertiary/aromatic N) is 1. The molecule has 2 aliphatic rings. The van der Waals surface area contributed by atoms with Crippen molar-refractivity contribution in [3.05, 3.63) is 65.0 Å². The Morgan fingerprint density at radius 2 is 1.92 bits per heavy atom. The third kappa shape index (κ3) is 2.21. The number of carbonyl (C=O) groups excluding carboxylic acids is 1. The van der Waals surface area contributed by atoms with Crippen LogP contribution in [0.3, 0.4) is 0 Å². The number of hydrogen-bond acceptors (Lipinski definition) is 2. The van der Waals surface area contributed by atoms with E-state index < -0.39 is 5.82 Å². The van der Waals surface area contributed by atoms with Crippen LogP contribution in [-0.2, 0) is 11.8 Å². The van der Waals surface area contributed by atoms with Gasteiger partial charge in [0.05, 0.1) is 5.69 Å². The van der Waals surface area contributed by atoms with Crippen molar-refractivity contribution < 1.29 is 9.18 Å². The third-order valence-electron chi connectivity index (χ3n) is 7.02. The van der Waals surface area contributed by atoms with Crippen molar-refractivity contribution in [2.24, 2.45) is 5.41 Å². The highest BCUT2D eigenvalue weighted by atomic mass is 19.1. The molecule has 2 atom stereocenters. The predicted octanol–water partition coefficient (Wildman–Crippen LogP) is 4.16. The van der Waals surface area contributed by atoms with Crippen LogP contribution in [0.4, 0.5) is 10.1 Å². The van der Waals surface area contributed by atoms with Crippen molar-refractivity contribution in [2.75, 3.05) is 12.3 Å². The van der Waals surface area contributed by atoms with Crippen LogP contribution in [0.2, 0.25) is 0 Å². The van der Waals surface area contributed by atoms with Gasteiger partial charge in [-0.15, -0.1) is 0 Å². The summed E-state index contributed by atoms with van der Waals surface area (Å²) in [6.07, 6.45) is 1.73. The highest BCUT2D eigenvalue weighted by Gasteiger charge is 2.56. The number of fused-ring (bicyclic) bond motifs is 4. The van der Waals surface area contributed by atoms with Gasteiger partial charge in [0.2, 0.25) is 0 Å². The Morgan fingerprint density at radius 1 is 1.19 bits per heavy atom. The lowest BCUT2D eigenvalue weighted by molar-refractivity contribution is -0.0262. The largest absolute Gasteiger partial charge is 0.396 e. The number of hydrogen-bond donors (Lipinski definition) is 1. The van der Waals surface area contributed by atoms with E-state index >= 15 is 0 Å². The van der Waals surface area contributed by atoms with Crippen LogP contribution in [0.5, 0.6) is 0 Å². The second-order valence-electron chi connectivity index (χ2n) is 8.42. The Kier molecular flexibility index (Phi) is 3.66. The van der Waals surface area contributed by atoms with Gasteiger partial charge in [-0.1, -0.05) is 45.0 Å². The molecule has 1 fully saturated rings. The van der Waals surface area contributed by atoms with Gasteiger partial charge in [0.1, 0.15) is 5.82 Å². The quantitative estimate of drug-likeness (QED) is 0.783. The minimum atomic E-state index is -0.536. The lowest BCUT2D eigenvalue weighted by atomic mass is 9.51. The van der Waals surface area contributed by atoms with E-state index in [1.807, 2.05) is 4.90 Å². The highest BCUT2D eigenvalue weighted by Crippen LogP contribution is 2.56. The number of piperidine rings is 1. The predicted molar refractivity (Wildman–Crippen MR) is 102 cm³/mol. The standard InChI is InChI=1S/C22H25FN2O/c1-21(2)19-13-14-6-4-5-7-16(14)22(21,3)10-11-25(19)20(26)15-8-9-18(24)17(23)12-15/h4-9,12,19H,10-11,13,24H2,1-3H3/t19-,22+/m1/s1. The van der Waals surface area contributed by atoms with Crippen molar-refractivity contribution in [1.29, 1.82) is 0 Å². The molecule has 2 N–H and O–H groups in total. The molecule has 4 heteroatoms. The summed E-state index contributed by atoms with van der Waals surface area (Å²) in [4.78, 5) is 15.1. The Morgan fingerprint density at radius 3 is 2.65 bits per heavy atom. The van der Waals surface area contributed by atoms with Gasteiger partial charge in [-0.05, 0) is 47.6 Å². The Hall–Kier alpha value is -2.36. The summed E-state index contributed by atoms with van der Waals surface area (Å²) >= 11 is 0. The summed E-state index contributed by atoms with van der Waals surface area (Å²) in [5.41, 5.74) is 8.69. The lowest BCUT2D eigenvalue weighted by Crippen LogP contribution is -2.64. The summed E-state index contributed by atoms with van der Waals surface area (Å²) in [6.45, 7) is 7.53. The molecule has 26 heavy (non-hydrogen) atoms. The van der Waals surface area contributed by atoms with Crippen molar-refractivity contribution in [2.45, 2.75) is 45.1 Å². The average molecular weight is 352 g/mol. The van der Waals surface area contributed by atoms with Gasteiger partial charge in [0.25, 0.3) is 5.91 Å². The zero-order valence-corrected chi connectivity index (χ0v) is 15.6. The fraction of sp³-hybridized carbons (Fsp3) is 0.409. The summed E-state index contributed by atoms with van der Waals surface area (Å²) in [6, 6.07) is 13.0. The summed E-state index contributed by atoms with van der Waals surface area (Å²) in [7, 11) is 0. The highest BCUT2D eigenvalue weighted by molar-refractivity contribution is 5.95. The number of carbonyl (C=O) groups is 1. The molecule has 136 valence electrons. The fourth-order valence-corrected chi connectivity index (χ4v) is 4.94. The average Bonchev–Trinajstić information content (AvgIpc) is 2.60. The lowest BCUT2D eigenvalue weighted by Gasteiger charge is -2.60. The van der Waals surface area contributed by atoms with E-state index in [-0.39, 0.29) is 28.5 Å². The zero-order valence-electron chi connectivity index (χ0n) is 15.6. The molecule has 1 saturated heterocycles. The van der Waals surface area contributed by atoms with Crippen molar-refractivity contribution in [3.8, 4) is 0 Å². The molecule has 0 unspecified atom stereocenters. The van der Waals surface area contributed by atoms with E-state index in [0.717, 1.165) is 12.8 Å². The molecule has 1 amide bonds. The van der Waals surface area contributed by atoms with Crippen LogP contribution in [0.15, 0.2) is 42.5 Å². The van der Waals surface area contributed by atoms with Crippen LogP contribution in [0.1, 0.15) is 48.7 Å². The molecule has 4 rings (SSSR count). The second kappa shape index (κ2) is 5.57. The van der Waals surface area contributed by atoms with E-state index in [1.54, 1.807) is 6.07 Å². The maximum absolute atomic E-state index is 13.9. The van der Waals surface area contributed by atoms with Crippen LogP contribution in [0, 0.1) is 11.2 Å². The van der Waals surface area contributed by atoms with Gasteiger partial charge < -0.3 is 10.6 Å². The smallest absolute Gasteiger partial charge is 0.254 e. The van der Waals surface area contributed by atoms with Crippen LogP contribution in [0.25, 0.3) is 0 Å². The number of benzene rings is 2. The van der Waals surface area contributed by atoms with Crippen LogP contribution in [-0.4, -0.2) is 23.4 Å². The number of nitrogen functional groups attached to an aromatic ring is 1. The molecule has 0 saturated carbocycles. The second-order valence-corrected chi connectivity index (χ2v) is 8.42. The first-order valence-corrected chi connectivity index (χ1v) is 9.20. The summed E-state index contributed by atoms with van der Waals surface area (Å²) in [5, 5.41) is 0. The third-order valence-corrected chi connectivity index (χ3v) is 7.02. The zero-order chi connectivity index (χ0) is 18.7. The number of nitrogens with two attached hydrogens (primary N) is 1. The van der Waals surface area contributed by atoms with Crippen molar-refractivity contribution >= 4 is 11.6 Å². The molecule has 2 aromatic carbocycles. The summed E-state index contributed by atoms with van der Waals surface area (Å²) in [5.74, 6) is -0.644. The first-order chi connectivity index (χ1) is 12.3. The Labute approximate surface area is 154 Å². The van der Waals surface area contributed by atoms with Gasteiger partial charge in [0, 0.05) is 23.6 Å². The first kappa shape index (κ1) is 17.1. The summed E-state index contributed by atoms with van der Waals surface area (Å²) < 4.78 is 13.9. The molecule has 1 aliphatic carbocycles. The van der Waals surface area contributed by atoms with Gasteiger partial charge in [-0.25, -0.2) is 4.39 Å². The van der Waals surface area contributed by atoms with Gasteiger partial charge >= 0.3 is 0 Å². The minimum absolute atomic E-state index is 0.0235. The van der Waals surface area contributed by atoms with Crippen molar-refractivity contribution in [1.82, 2.24) is 4.90 Å². The monoisotopic (exact) mass is 352 g/mol. The van der Waals surface area contributed by atoms with Crippen molar-refractivity contribution in [3.63, 3.8) is 0 Å². The van der Waals surface area contributed by atoms with E-state index in [4.69, 9.17) is 5.73 Å². The number of likely N-dealkylation sites (tertiary alicyclic amines) is 1. The molecule has 1 heterocycles. The molecular formula is C22H25FN2O. The molecule has 2 aromatic rings. The van der Waals surface area contributed by atoms with E-state index in [1.165, 1.54) is 23.3 Å². The van der Waals surface area contributed by atoms with Crippen LogP contribution >= 0.6 is 0 Å². The van der Waals surface area contributed by atoms with Gasteiger partial charge in [-0.3, -0.25) is 4.79 Å². The number of halogens is 1. The minimum Gasteiger partial charge on any atom is -0.396 e. The number of anilines is 1. The molecule has 0 spiro atoms. The first-order valence-electron chi connectivity index (χ1n) is 9.20. The molecule has 3 nitrogen and oxygen atoms in total. The van der Waals surface area contributed by atoms with E-state index in [2.05, 4.69) is 45.0 Å². The number of rotatable bonds is 1. The Balaban J connectivity index is 1.76. The van der Waals surface area contributed by atoms with Gasteiger partial charge in [0.15, 0.2) is 0 Å². The molecule has 0 aromatic heterocycles. The molecule has 2 bridgehead atoms. The molecule has 0 radical (unpaired) electrons. The SMILES string of the molecule is CC1(C)[C@H]2Cc3ccccc3[C@]1(C)CCN2C(=O)c1ccc(N)c(F)c1. The maximum Gasteiger partial charge on any atom is 0.254 e. The molecule has 1 aliphatic heterocycles. The van der Waals surface area contributed by atoms with E-state index in [9.17, 15) is 9.18 Å². The normalized spacial score (nSPS) is 26.3. The molecular weight excluding hydrogens is 327 g/mol. The fourth-order valence-electron chi connectivity index (χ4n) is 4.94. The van der Waals surface area contributed by atoms with Gasteiger partial charge in [-0.2, -0.15) is 0 Å². The maximum atomic E-state index is 13.9. The van der Waals surface area contributed by atoms with E-state index in [0.29, 0.717) is 12.1 Å².